The van der Waals surface area contributed by atoms with E-state index in [1.54, 1.807) is 0 Å². The van der Waals surface area contributed by atoms with Crippen molar-refractivity contribution in [2.75, 3.05) is 6.54 Å². The molecule has 5 nitrogen and oxygen atoms in total. The van der Waals surface area contributed by atoms with Gasteiger partial charge in [-0.15, -0.1) is 4.70 Å². The number of hydrogen-bond acceptors (Lipinski definition) is 4. The SMILES string of the molecule is Cc1cc(C)c(C2=NN=[N+](c3cccc(-c4cnc(C(C)(C)C)cn4)c3)C2)c(C)c1. The van der Waals surface area contributed by atoms with Gasteiger partial charge >= 0.3 is 0 Å². The third-order valence-corrected chi connectivity index (χ3v) is 5.40. The van der Waals surface area contributed by atoms with E-state index in [-0.39, 0.29) is 5.41 Å². The summed E-state index contributed by atoms with van der Waals surface area (Å²) in [6.45, 7) is 13.5. The van der Waals surface area contributed by atoms with Gasteiger partial charge in [0, 0.05) is 22.7 Å². The van der Waals surface area contributed by atoms with Crippen LogP contribution in [0, 0.1) is 20.8 Å². The Morgan fingerprint density at radius 2 is 1.63 bits per heavy atom. The van der Waals surface area contributed by atoms with Gasteiger partial charge < -0.3 is 0 Å². The Morgan fingerprint density at radius 3 is 2.27 bits per heavy atom. The van der Waals surface area contributed by atoms with Gasteiger partial charge in [-0.2, -0.15) is 0 Å². The number of aryl methyl sites for hydroxylation is 3. The highest BCUT2D eigenvalue weighted by molar-refractivity contribution is 6.04. The standard InChI is InChI=1S/C25H28N5/c1-16-10-17(2)24(18(3)11-16)22-15-30(29-28-22)20-9-7-8-19(12-20)21-13-27-23(14-26-21)25(4,5)6/h7-14H,15H2,1-6H3/q+1. The molecule has 1 aliphatic rings. The fourth-order valence-corrected chi connectivity index (χ4v) is 3.91. The molecule has 0 aliphatic carbocycles. The summed E-state index contributed by atoms with van der Waals surface area (Å²) in [5.74, 6) is 0. The predicted molar refractivity (Wildman–Crippen MR) is 121 cm³/mol. The molecule has 1 aliphatic heterocycles. The highest BCUT2D eigenvalue weighted by atomic mass is 15.5. The van der Waals surface area contributed by atoms with E-state index in [0.29, 0.717) is 6.54 Å². The lowest BCUT2D eigenvalue weighted by Gasteiger charge is -2.16. The van der Waals surface area contributed by atoms with Gasteiger partial charge in [0.1, 0.15) is 5.22 Å². The first-order valence-electron chi connectivity index (χ1n) is 10.3. The Bertz CT molecular complexity index is 1140. The third kappa shape index (κ3) is 3.92. The Labute approximate surface area is 178 Å². The summed E-state index contributed by atoms with van der Waals surface area (Å²) in [4.78, 5) is 9.25. The fourth-order valence-electron chi connectivity index (χ4n) is 3.91. The highest BCUT2D eigenvalue weighted by Gasteiger charge is 2.26. The Hall–Kier alpha value is -3.21. The maximum Gasteiger partial charge on any atom is 0.231 e. The minimum Gasteiger partial charge on any atom is -0.257 e. The summed E-state index contributed by atoms with van der Waals surface area (Å²) in [5.41, 5.74) is 9.81. The molecule has 0 saturated carbocycles. The van der Waals surface area contributed by atoms with Crippen LogP contribution in [0.25, 0.3) is 11.3 Å². The molecule has 0 atom stereocenters. The van der Waals surface area contributed by atoms with Gasteiger partial charge in [0.05, 0.1) is 22.7 Å². The van der Waals surface area contributed by atoms with Crippen molar-refractivity contribution < 1.29 is 4.70 Å². The van der Waals surface area contributed by atoms with Crippen molar-refractivity contribution in [2.24, 2.45) is 10.3 Å². The van der Waals surface area contributed by atoms with E-state index in [2.05, 4.69) is 92.2 Å². The van der Waals surface area contributed by atoms with Gasteiger partial charge in [-0.05, 0) is 44.0 Å². The molecule has 0 amide bonds. The fraction of sp³-hybridized carbons (Fsp3) is 0.320. The van der Waals surface area contributed by atoms with Gasteiger partial charge in [-0.3, -0.25) is 9.97 Å². The second-order valence-electron chi connectivity index (χ2n) is 9.05. The molecule has 2 heterocycles. The largest absolute Gasteiger partial charge is 0.257 e. The first kappa shape index (κ1) is 20.1. The summed E-state index contributed by atoms with van der Waals surface area (Å²) in [6.07, 6.45) is 3.72. The molecule has 0 saturated heterocycles. The van der Waals surface area contributed by atoms with Crippen LogP contribution >= 0.6 is 0 Å². The van der Waals surface area contributed by atoms with E-state index in [1.807, 2.05) is 23.2 Å². The third-order valence-electron chi connectivity index (χ3n) is 5.40. The summed E-state index contributed by atoms with van der Waals surface area (Å²) in [7, 11) is 0. The smallest absolute Gasteiger partial charge is 0.231 e. The topological polar surface area (TPSA) is 53.5 Å². The highest BCUT2D eigenvalue weighted by Crippen LogP contribution is 2.27. The first-order chi connectivity index (χ1) is 14.2. The number of rotatable bonds is 3. The quantitative estimate of drug-likeness (QED) is 0.517. The summed E-state index contributed by atoms with van der Waals surface area (Å²) < 4.78 is 1.94. The molecule has 2 aromatic carbocycles. The van der Waals surface area contributed by atoms with Crippen LogP contribution in [-0.4, -0.2) is 26.9 Å². The monoisotopic (exact) mass is 398 g/mol. The molecule has 0 fully saturated rings. The lowest BCUT2D eigenvalue weighted by Crippen LogP contribution is -2.14. The van der Waals surface area contributed by atoms with E-state index in [4.69, 9.17) is 0 Å². The minimum atomic E-state index is -0.0121. The average Bonchev–Trinajstić information content (AvgIpc) is 3.16. The lowest BCUT2D eigenvalue weighted by molar-refractivity contribution is -0.492. The molecule has 0 spiro atoms. The molecule has 1 aromatic heterocycles. The second-order valence-corrected chi connectivity index (χ2v) is 9.05. The molecular formula is C25H28N5+. The van der Waals surface area contributed by atoms with Crippen LogP contribution in [0.3, 0.4) is 0 Å². The number of nitrogens with zero attached hydrogens (tertiary/aromatic N) is 5. The summed E-state index contributed by atoms with van der Waals surface area (Å²) in [6, 6.07) is 12.6. The maximum atomic E-state index is 4.64. The van der Waals surface area contributed by atoms with Crippen LogP contribution in [0.4, 0.5) is 5.69 Å². The molecule has 0 radical (unpaired) electrons. The zero-order valence-corrected chi connectivity index (χ0v) is 18.6. The van der Waals surface area contributed by atoms with Crippen LogP contribution in [0.15, 0.2) is 59.1 Å². The maximum absolute atomic E-state index is 4.64. The van der Waals surface area contributed by atoms with Crippen LogP contribution in [0.2, 0.25) is 0 Å². The van der Waals surface area contributed by atoms with Gasteiger partial charge in [0.15, 0.2) is 12.2 Å². The molecular weight excluding hydrogens is 370 g/mol. The summed E-state index contributed by atoms with van der Waals surface area (Å²) in [5, 5.41) is 8.93. The molecule has 0 unspecified atom stereocenters. The van der Waals surface area contributed by atoms with E-state index >= 15 is 0 Å². The van der Waals surface area contributed by atoms with Crippen LogP contribution in [-0.2, 0) is 5.41 Å². The van der Waals surface area contributed by atoms with E-state index < -0.39 is 0 Å². The van der Waals surface area contributed by atoms with Crippen LogP contribution in [0.1, 0.15) is 48.7 Å². The van der Waals surface area contributed by atoms with Gasteiger partial charge in [0.2, 0.25) is 5.71 Å². The van der Waals surface area contributed by atoms with Crippen molar-refractivity contribution in [1.82, 2.24) is 9.97 Å². The molecule has 5 heteroatoms. The molecule has 30 heavy (non-hydrogen) atoms. The molecule has 152 valence electrons. The number of aromatic nitrogens is 2. The predicted octanol–water partition coefficient (Wildman–Crippen LogP) is 5.88. The van der Waals surface area contributed by atoms with Gasteiger partial charge in [0.25, 0.3) is 0 Å². The van der Waals surface area contributed by atoms with E-state index in [9.17, 15) is 0 Å². The van der Waals surface area contributed by atoms with Crippen LogP contribution < -0.4 is 0 Å². The molecule has 0 N–H and O–H groups in total. The zero-order chi connectivity index (χ0) is 21.5. The van der Waals surface area contributed by atoms with Crippen molar-refractivity contribution in [1.29, 1.82) is 0 Å². The van der Waals surface area contributed by atoms with E-state index in [0.717, 1.165) is 28.4 Å². The molecule has 4 rings (SSSR count). The Morgan fingerprint density at radius 1 is 0.900 bits per heavy atom. The van der Waals surface area contributed by atoms with Crippen molar-refractivity contribution in [3.63, 3.8) is 0 Å². The lowest BCUT2D eigenvalue weighted by atomic mass is 9.93. The van der Waals surface area contributed by atoms with Crippen molar-refractivity contribution >= 4 is 11.4 Å². The number of hydrogen-bond donors (Lipinski definition) is 0. The van der Waals surface area contributed by atoms with Gasteiger partial charge in [-0.1, -0.05) is 50.6 Å². The van der Waals surface area contributed by atoms with E-state index in [1.165, 1.54) is 22.3 Å². The Balaban J connectivity index is 1.58. The molecule has 3 aromatic rings. The van der Waals surface area contributed by atoms with Crippen molar-refractivity contribution in [2.45, 2.75) is 47.0 Å². The Kier molecular flexibility index (Phi) is 5.06. The second kappa shape index (κ2) is 7.56. The first-order valence-corrected chi connectivity index (χ1v) is 10.3. The minimum absolute atomic E-state index is 0.0121. The van der Waals surface area contributed by atoms with Crippen molar-refractivity contribution in [3.05, 3.63) is 76.7 Å². The summed E-state index contributed by atoms with van der Waals surface area (Å²) >= 11 is 0. The van der Waals surface area contributed by atoms with Gasteiger partial charge in [-0.25, -0.2) is 0 Å². The van der Waals surface area contributed by atoms with Crippen LogP contribution in [0.5, 0.6) is 0 Å². The zero-order valence-electron chi connectivity index (χ0n) is 18.6. The average molecular weight is 399 g/mol. The van der Waals surface area contributed by atoms with Crippen molar-refractivity contribution in [3.8, 4) is 11.3 Å². The molecule has 0 bridgehead atoms. The number of benzene rings is 2. The normalized spacial score (nSPS) is 13.9.